The third kappa shape index (κ3) is 1.14. The summed E-state index contributed by atoms with van der Waals surface area (Å²) in [5, 5.41) is 1.30. The molecule has 58 valence electrons. The molecule has 0 aromatic rings. The van der Waals surface area contributed by atoms with Crippen LogP contribution in [-0.2, 0) is 9.63 Å². The molecule has 0 aromatic carbocycles. The second kappa shape index (κ2) is 2.23. The van der Waals surface area contributed by atoms with Gasteiger partial charge >= 0.3 is 0 Å². The fraction of sp³-hybridized carbons (Fsp3) is 0.857. The number of hydroxylamine groups is 2. The van der Waals surface area contributed by atoms with Crippen molar-refractivity contribution in [3.05, 3.63) is 0 Å². The molecule has 1 saturated carbocycles. The van der Waals surface area contributed by atoms with Crippen LogP contribution in [0, 0.1) is 5.41 Å². The van der Waals surface area contributed by atoms with E-state index in [0.717, 1.165) is 12.8 Å². The summed E-state index contributed by atoms with van der Waals surface area (Å²) in [5.41, 5.74) is -0.106. The average Bonchev–Trinajstić information content (AvgIpc) is 2.66. The Morgan fingerprint density at radius 2 is 2.10 bits per heavy atom. The fourth-order valence-electron chi connectivity index (χ4n) is 0.864. The fourth-order valence-corrected chi connectivity index (χ4v) is 0.864. The minimum absolute atomic E-state index is 0.0926. The van der Waals surface area contributed by atoms with Crippen molar-refractivity contribution >= 4 is 5.91 Å². The molecule has 10 heavy (non-hydrogen) atoms. The van der Waals surface area contributed by atoms with Crippen molar-refractivity contribution in [2.24, 2.45) is 5.41 Å². The van der Waals surface area contributed by atoms with E-state index < -0.39 is 0 Å². The minimum atomic E-state index is -0.106. The molecule has 0 aromatic heterocycles. The van der Waals surface area contributed by atoms with Crippen LogP contribution in [0.25, 0.3) is 0 Å². The van der Waals surface area contributed by atoms with Gasteiger partial charge in [0.15, 0.2) is 0 Å². The van der Waals surface area contributed by atoms with Gasteiger partial charge in [-0.2, -0.15) is 0 Å². The summed E-state index contributed by atoms with van der Waals surface area (Å²) in [4.78, 5) is 16.0. The lowest BCUT2D eigenvalue weighted by Gasteiger charge is -2.17. The highest BCUT2D eigenvalue weighted by molar-refractivity contribution is 5.83. The van der Waals surface area contributed by atoms with Gasteiger partial charge < -0.3 is 0 Å². The van der Waals surface area contributed by atoms with Gasteiger partial charge in [0.25, 0.3) is 5.91 Å². The molecule has 0 saturated heterocycles. The van der Waals surface area contributed by atoms with Crippen molar-refractivity contribution in [1.82, 2.24) is 5.06 Å². The molecule has 3 nitrogen and oxygen atoms in total. The first-order chi connectivity index (χ1) is 4.60. The second-order valence-electron chi connectivity index (χ2n) is 3.05. The summed E-state index contributed by atoms with van der Waals surface area (Å²) in [7, 11) is 3.15. The van der Waals surface area contributed by atoms with Gasteiger partial charge in [-0.3, -0.25) is 9.63 Å². The monoisotopic (exact) mass is 143 g/mol. The molecule has 0 heterocycles. The third-order valence-electron chi connectivity index (χ3n) is 2.08. The van der Waals surface area contributed by atoms with Gasteiger partial charge in [0.2, 0.25) is 0 Å². The van der Waals surface area contributed by atoms with Crippen LogP contribution in [-0.4, -0.2) is 25.1 Å². The van der Waals surface area contributed by atoms with Crippen LogP contribution in [0.4, 0.5) is 0 Å². The molecule has 0 bridgehead atoms. The summed E-state index contributed by atoms with van der Waals surface area (Å²) in [6, 6.07) is 0. The van der Waals surface area contributed by atoms with Crippen molar-refractivity contribution in [3.8, 4) is 0 Å². The van der Waals surface area contributed by atoms with Gasteiger partial charge in [-0.1, -0.05) is 6.92 Å². The van der Waals surface area contributed by atoms with Crippen LogP contribution in [0.5, 0.6) is 0 Å². The summed E-state index contributed by atoms with van der Waals surface area (Å²) in [6.07, 6.45) is 2.00. The lowest BCUT2D eigenvalue weighted by atomic mass is 10.1. The Bertz CT molecular complexity index is 152. The minimum Gasteiger partial charge on any atom is -0.275 e. The van der Waals surface area contributed by atoms with E-state index in [1.54, 1.807) is 7.05 Å². The van der Waals surface area contributed by atoms with E-state index in [4.69, 9.17) is 4.84 Å². The zero-order valence-electron chi connectivity index (χ0n) is 6.68. The Morgan fingerprint density at radius 1 is 1.60 bits per heavy atom. The lowest BCUT2D eigenvalue weighted by Crippen LogP contribution is -2.31. The van der Waals surface area contributed by atoms with Gasteiger partial charge in [0.05, 0.1) is 7.11 Å². The summed E-state index contributed by atoms with van der Waals surface area (Å²) in [5.74, 6) is 0.0926. The molecule has 0 radical (unpaired) electrons. The van der Waals surface area contributed by atoms with Crippen molar-refractivity contribution in [3.63, 3.8) is 0 Å². The highest BCUT2D eigenvalue weighted by Crippen LogP contribution is 2.46. The number of carbonyl (C=O) groups is 1. The molecule has 0 unspecified atom stereocenters. The number of hydrogen-bond donors (Lipinski definition) is 0. The maximum atomic E-state index is 11.3. The number of amides is 1. The smallest absolute Gasteiger partial charge is 0.251 e. The van der Waals surface area contributed by atoms with Crippen LogP contribution in [0.3, 0.4) is 0 Å². The Labute approximate surface area is 60.9 Å². The molecule has 1 fully saturated rings. The van der Waals surface area contributed by atoms with Gasteiger partial charge in [-0.25, -0.2) is 5.06 Å². The van der Waals surface area contributed by atoms with E-state index >= 15 is 0 Å². The van der Waals surface area contributed by atoms with Crippen LogP contribution in [0.2, 0.25) is 0 Å². The molecule has 3 heteroatoms. The average molecular weight is 143 g/mol. The Hall–Kier alpha value is -0.570. The summed E-state index contributed by atoms with van der Waals surface area (Å²) < 4.78 is 0. The molecule has 0 atom stereocenters. The molecule has 1 amide bonds. The van der Waals surface area contributed by atoms with Crippen molar-refractivity contribution < 1.29 is 9.63 Å². The molecule has 1 aliphatic carbocycles. The lowest BCUT2D eigenvalue weighted by molar-refractivity contribution is -0.174. The largest absolute Gasteiger partial charge is 0.275 e. The number of hydrogen-bond acceptors (Lipinski definition) is 2. The standard InChI is InChI=1S/C7H13NO2/c1-7(4-5-7)6(9)8(2)10-3/h4-5H2,1-3H3. The van der Waals surface area contributed by atoms with Crippen LogP contribution >= 0.6 is 0 Å². The number of rotatable bonds is 2. The van der Waals surface area contributed by atoms with E-state index in [-0.39, 0.29) is 11.3 Å². The van der Waals surface area contributed by atoms with Crippen LogP contribution < -0.4 is 0 Å². The van der Waals surface area contributed by atoms with E-state index in [2.05, 4.69) is 0 Å². The second-order valence-corrected chi connectivity index (χ2v) is 3.05. The van der Waals surface area contributed by atoms with Crippen molar-refractivity contribution in [2.75, 3.05) is 14.2 Å². The van der Waals surface area contributed by atoms with Crippen LogP contribution in [0.15, 0.2) is 0 Å². The van der Waals surface area contributed by atoms with E-state index in [1.165, 1.54) is 12.2 Å². The predicted octanol–water partition coefficient (Wildman–Crippen LogP) is 0.806. The maximum absolute atomic E-state index is 11.3. The van der Waals surface area contributed by atoms with Gasteiger partial charge in [0.1, 0.15) is 0 Å². The number of nitrogens with zero attached hydrogens (tertiary/aromatic N) is 1. The topological polar surface area (TPSA) is 29.5 Å². The van der Waals surface area contributed by atoms with Gasteiger partial charge in [-0.15, -0.1) is 0 Å². The zero-order chi connectivity index (χ0) is 7.78. The number of carbonyl (C=O) groups excluding carboxylic acids is 1. The molecule has 0 aliphatic heterocycles. The first-order valence-corrected chi connectivity index (χ1v) is 3.42. The highest BCUT2D eigenvalue weighted by Gasteiger charge is 2.46. The quantitative estimate of drug-likeness (QED) is 0.535. The van der Waals surface area contributed by atoms with E-state index in [0.29, 0.717) is 0 Å². The van der Waals surface area contributed by atoms with Crippen molar-refractivity contribution in [1.29, 1.82) is 0 Å². The van der Waals surface area contributed by atoms with Gasteiger partial charge in [-0.05, 0) is 12.8 Å². The molecule has 0 N–H and O–H groups in total. The highest BCUT2D eigenvalue weighted by atomic mass is 16.7. The third-order valence-corrected chi connectivity index (χ3v) is 2.08. The molecule has 1 rings (SSSR count). The molecule has 0 spiro atoms. The first-order valence-electron chi connectivity index (χ1n) is 3.42. The molecular weight excluding hydrogens is 130 g/mol. The van der Waals surface area contributed by atoms with Crippen LogP contribution in [0.1, 0.15) is 19.8 Å². The van der Waals surface area contributed by atoms with Crippen molar-refractivity contribution in [2.45, 2.75) is 19.8 Å². The molecule has 1 aliphatic rings. The van der Waals surface area contributed by atoms with E-state index in [9.17, 15) is 4.79 Å². The SMILES string of the molecule is CON(C)C(=O)C1(C)CC1. The zero-order valence-corrected chi connectivity index (χ0v) is 6.68. The maximum Gasteiger partial charge on any atom is 0.251 e. The summed E-state index contributed by atoms with van der Waals surface area (Å²) in [6.45, 7) is 1.96. The predicted molar refractivity (Wildman–Crippen MR) is 37.1 cm³/mol. The van der Waals surface area contributed by atoms with E-state index in [1.807, 2.05) is 6.92 Å². The normalized spacial score (nSPS) is 20.3. The Balaban J connectivity index is 2.49. The Morgan fingerprint density at radius 3 is 2.40 bits per heavy atom. The summed E-state index contributed by atoms with van der Waals surface area (Å²) >= 11 is 0. The molecular formula is C7H13NO2. The first kappa shape index (κ1) is 7.54. The Kier molecular flexibility index (Phi) is 1.68. The van der Waals surface area contributed by atoms with Gasteiger partial charge in [0, 0.05) is 12.5 Å².